The second kappa shape index (κ2) is 9.58. The highest BCUT2D eigenvalue weighted by molar-refractivity contribution is 5.94. The Balaban J connectivity index is 1.83. The van der Waals surface area contributed by atoms with E-state index in [2.05, 4.69) is 10.6 Å². The third kappa shape index (κ3) is 5.46. The molecule has 0 spiro atoms. The van der Waals surface area contributed by atoms with Crippen LogP contribution < -0.4 is 10.6 Å². The van der Waals surface area contributed by atoms with Gasteiger partial charge in [-0.2, -0.15) is 0 Å². The highest BCUT2D eigenvalue weighted by Crippen LogP contribution is 2.23. The van der Waals surface area contributed by atoms with Gasteiger partial charge in [0.15, 0.2) is 0 Å². The predicted octanol–water partition coefficient (Wildman–Crippen LogP) is -0.803. The van der Waals surface area contributed by atoms with E-state index < -0.39 is 36.1 Å². The van der Waals surface area contributed by atoms with E-state index >= 15 is 0 Å². The number of carbonyl (C=O) groups is 2. The van der Waals surface area contributed by atoms with Crippen molar-refractivity contribution in [1.82, 2.24) is 10.6 Å². The smallest absolute Gasteiger partial charge is 0.251 e. The third-order valence-electron chi connectivity index (χ3n) is 4.03. The fraction of sp³-hybridized carbons (Fsp3) is 0.529. The molecule has 4 atom stereocenters. The highest BCUT2D eigenvalue weighted by Gasteiger charge is 2.43. The molecule has 0 bridgehead atoms. The molecule has 1 aromatic carbocycles. The van der Waals surface area contributed by atoms with Crippen LogP contribution in [-0.4, -0.2) is 73.2 Å². The summed E-state index contributed by atoms with van der Waals surface area (Å²) in [4.78, 5) is 23.8. The molecule has 0 radical (unpaired) electrons. The molecule has 1 aliphatic heterocycles. The lowest BCUT2D eigenvalue weighted by Gasteiger charge is -2.15. The Bertz CT molecular complexity index is 629. The van der Waals surface area contributed by atoms with Gasteiger partial charge in [-0.05, 0) is 18.2 Å². The Hall–Kier alpha value is -2.07. The monoisotopic (exact) mass is 370 g/mol. The fourth-order valence-corrected chi connectivity index (χ4v) is 2.64. The molecule has 1 fully saturated rings. The Morgan fingerprint density at radius 1 is 1.23 bits per heavy atom. The van der Waals surface area contributed by atoms with Crippen LogP contribution in [0.25, 0.3) is 0 Å². The van der Waals surface area contributed by atoms with Crippen LogP contribution in [0.2, 0.25) is 0 Å². The van der Waals surface area contributed by atoms with E-state index in [9.17, 15) is 24.2 Å². The molecule has 4 N–H and O–H groups in total. The number of aliphatic hydroxyl groups excluding tert-OH is 2. The summed E-state index contributed by atoms with van der Waals surface area (Å²) in [6.45, 7) is 0.598. The third-order valence-corrected chi connectivity index (χ3v) is 4.03. The normalized spacial score (nSPS) is 25.1. The van der Waals surface area contributed by atoms with Gasteiger partial charge < -0.3 is 30.3 Å². The van der Waals surface area contributed by atoms with Crippen molar-refractivity contribution in [2.45, 2.75) is 30.8 Å². The maximum Gasteiger partial charge on any atom is 0.251 e. The van der Waals surface area contributed by atoms with Crippen molar-refractivity contribution >= 4 is 11.8 Å². The Morgan fingerprint density at radius 3 is 2.65 bits per heavy atom. The lowest BCUT2D eigenvalue weighted by atomic mass is 10.1. The lowest BCUT2D eigenvalue weighted by molar-refractivity contribution is -0.125. The molecule has 9 heteroatoms. The van der Waals surface area contributed by atoms with Crippen LogP contribution in [0.3, 0.4) is 0 Å². The summed E-state index contributed by atoms with van der Waals surface area (Å²) in [7, 11) is 1.51. The molecule has 1 heterocycles. The van der Waals surface area contributed by atoms with E-state index in [1.807, 2.05) is 0 Å². The van der Waals surface area contributed by atoms with Crippen LogP contribution in [-0.2, 0) is 14.3 Å². The molecule has 144 valence electrons. The SMILES string of the molecule is COCCNC(=O)CC1OC(CNC(=O)c2cccc(F)c2)C(O)C1O. The van der Waals surface area contributed by atoms with Crippen LogP contribution >= 0.6 is 0 Å². The number of methoxy groups -OCH3 is 1. The number of carbonyl (C=O) groups excluding carboxylic acids is 2. The van der Waals surface area contributed by atoms with Crippen molar-refractivity contribution < 1.29 is 33.7 Å². The quantitative estimate of drug-likeness (QED) is 0.445. The summed E-state index contributed by atoms with van der Waals surface area (Å²) in [6, 6.07) is 5.17. The van der Waals surface area contributed by atoms with E-state index in [0.717, 1.165) is 6.07 Å². The summed E-state index contributed by atoms with van der Waals surface area (Å²) in [5, 5.41) is 25.2. The number of benzene rings is 1. The predicted molar refractivity (Wildman–Crippen MR) is 88.9 cm³/mol. The van der Waals surface area contributed by atoms with Gasteiger partial charge in [-0.25, -0.2) is 4.39 Å². The second-order valence-electron chi connectivity index (χ2n) is 5.96. The first kappa shape index (κ1) is 20.2. The zero-order chi connectivity index (χ0) is 19.1. The first-order valence-corrected chi connectivity index (χ1v) is 8.23. The molecule has 0 aliphatic carbocycles. The van der Waals surface area contributed by atoms with Gasteiger partial charge in [0.2, 0.25) is 5.91 Å². The highest BCUT2D eigenvalue weighted by atomic mass is 19.1. The number of ether oxygens (including phenoxy) is 2. The average Bonchev–Trinajstić information content (AvgIpc) is 2.88. The van der Waals surface area contributed by atoms with Crippen molar-refractivity contribution in [2.75, 3.05) is 26.8 Å². The molecule has 8 nitrogen and oxygen atoms in total. The minimum atomic E-state index is -1.25. The fourth-order valence-electron chi connectivity index (χ4n) is 2.64. The van der Waals surface area contributed by atoms with Crippen LogP contribution in [0.1, 0.15) is 16.8 Å². The van der Waals surface area contributed by atoms with Crippen LogP contribution in [0.15, 0.2) is 24.3 Å². The Labute approximate surface area is 150 Å². The van der Waals surface area contributed by atoms with Crippen molar-refractivity contribution in [2.24, 2.45) is 0 Å². The Morgan fingerprint density at radius 2 is 1.96 bits per heavy atom. The van der Waals surface area contributed by atoms with Gasteiger partial charge in [-0.15, -0.1) is 0 Å². The van der Waals surface area contributed by atoms with E-state index in [1.165, 1.54) is 25.3 Å². The molecule has 26 heavy (non-hydrogen) atoms. The average molecular weight is 370 g/mol. The first-order valence-electron chi connectivity index (χ1n) is 8.23. The number of aliphatic hydroxyl groups is 2. The molecule has 2 amide bonds. The van der Waals surface area contributed by atoms with Gasteiger partial charge in [-0.3, -0.25) is 9.59 Å². The number of amides is 2. The Kier molecular flexibility index (Phi) is 7.46. The number of hydrogen-bond acceptors (Lipinski definition) is 6. The number of rotatable bonds is 8. The summed E-state index contributed by atoms with van der Waals surface area (Å²) >= 11 is 0. The van der Waals surface area contributed by atoms with E-state index in [0.29, 0.717) is 13.2 Å². The molecule has 4 unspecified atom stereocenters. The molecular weight excluding hydrogens is 347 g/mol. The lowest BCUT2D eigenvalue weighted by Crippen LogP contribution is -2.40. The molecule has 1 saturated heterocycles. The summed E-state index contributed by atoms with van der Waals surface area (Å²) < 4.78 is 23.5. The summed E-state index contributed by atoms with van der Waals surface area (Å²) in [5.74, 6) is -1.41. The van der Waals surface area contributed by atoms with Crippen LogP contribution in [0.4, 0.5) is 4.39 Å². The van der Waals surface area contributed by atoms with Gasteiger partial charge in [0.25, 0.3) is 5.91 Å². The van der Waals surface area contributed by atoms with Gasteiger partial charge in [0, 0.05) is 25.8 Å². The topological polar surface area (TPSA) is 117 Å². The van der Waals surface area contributed by atoms with Crippen molar-refractivity contribution in [1.29, 1.82) is 0 Å². The summed E-state index contributed by atoms with van der Waals surface area (Å²) in [5.41, 5.74) is 0.132. The minimum absolute atomic E-state index is 0.0879. The molecule has 2 rings (SSSR count). The van der Waals surface area contributed by atoms with Gasteiger partial charge in [0.05, 0.1) is 19.1 Å². The largest absolute Gasteiger partial charge is 0.388 e. The van der Waals surface area contributed by atoms with Crippen LogP contribution in [0, 0.1) is 5.82 Å². The molecule has 1 aliphatic rings. The first-order chi connectivity index (χ1) is 12.4. The van der Waals surface area contributed by atoms with E-state index in [4.69, 9.17) is 9.47 Å². The molecule has 0 aromatic heterocycles. The maximum atomic E-state index is 13.1. The van der Waals surface area contributed by atoms with Gasteiger partial charge in [0.1, 0.15) is 24.1 Å². The number of halogens is 1. The zero-order valence-corrected chi connectivity index (χ0v) is 14.4. The van der Waals surface area contributed by atoms with Gasteiger partial charge in [-0.1, -0.05) is 6.07 Å². The molecule has 0 saturated carbocycles. The maximum absolute atomic E-state index is 13.1. The second-order valence-corrected chi connectivity index (χ2v) is 5.96. The van der Waals surface area contributed by atoms with Crippen molar-refractivity contribution in [3.8, 4) is 0 Å². The van der Waals surface area contributed by atoms with Crippen molar-refractivity contribution in [3.05, 3.63) is 35.6 Å². The molecular formula is C17H23FN2O6. The van der Waals surface area contributed by atoms with E-state index in [-0.39, 0.29) is 24.4 Å². The van der Waals surface area contributed by atoms with Crippen LogP contribution in [0.5, 0.6) is 0 Å². The number of hydrogen-bond donors (Lipinski definition) is 4. The van der Waals surface area contributed by atoms with Crippen molar-refractivity contribution in [3.63, 3.8) is 0 Å². The minimum Gasteiger partial charge on any atom is -0.388 e. The van der Waals surface area contributed by atoms with Gasteiger partial charge >= 0.3 is 0 Å². The molecule has 1 aromatic rings. The number of nitrogens with one attached hydrogen (secondary N) is 2. The van der Waals surface area contributed by atoms with E-state index in [1.54, 1.807) is 0 Å². The summed E-state index contributed by atoms with van der Waals surface area (Å²) in [6.07, 6.45) is -4.39. The zero-order valence-electron chi connectivity index (χ0n) is 14.4. The standard InChI is InChI=1S/C17H23FN2O6/c1-25-6-5-19-14(21)8-12-15(22)16(23)13(26-12)9-20-17(24)10-3-2-4-11(18)7-10/h2-4,7,12-13,15-16,22-23H,5-6,8-9H2,1H3,(H,19,21)(H,20,24).